The van der Waals surface area contributed by atoms with Crippen LogP contribution in [0.2, 0.25) is 0 Å². The average Bonchev–Trinajstić information content (AvgIpc) is 2.47. The third-order valence-electron chi connectivity index (χ3n) is 1.81. The second kappa shape index (κ2) is 4.33. The number of rotatable bonds is 4. The molecular weight excluding hydrogens is 184 g/mol. The van der Waals surface area contributed by atoms with Crippen LogP contribution >= 0.6 is 11.3 Å². The van der Waals surface area contributed by atoms with Gasteiger partial charge >= 0.3 is 0 Å². The first-order valence-electron chi connectivity index (χ1n) is 4.18. The van der Waals surface area contributed by atoms with E-state index in [0.29, 0.717) is 12.8 Å². The largest absolute Gasteiger partial charge is 0.300 e. The number of hydrogen-bond acceptors (Lipinski definition) is 3. The highest BCUT2D eigenvalue weighted by Crippen LogP contribution is 2.18. The van der Waals surface area contributed by atoms with Crippen molar-refractivity contribution in [2.45, 2.75) is 26.7 Å². The number of aryl methyl sites for hydroxylation is 1. The molecule has 1 aromatic rings. The first-order chi connectivity index (χ1) is 6.11. The summed E-state index contributed by atoms with van der Waals surface area (Å²) in [6.07, 6.45) is 1.21. The van der Waals surface area contributed by atoms with E-state index in [0.717, 1.165) is 10.4 Å². The quantitative estimate of drug-likeness (QED) is 0.693. The zero-order valence-electron chi connectivity index (χ0n) is 7.79. The number of thiophene rings is 1. The van der Waals surface area contributed by atoms with Crippen LogP contribution in [0.25, 0.3) is 0 Å². The van der Waals surface area contributed by atoms with Gasteiger partial charge in [0.2, 0.25) is 0 Å². The topological polar surface area (TPSA) is 34.1 Å². The highest BCUT2D eigenvalue weighted by atomic mass is 32.1. The summed E-state index contributed by atoms with van der Waals surface area (Å²) in [5.41, 5.74) is 1.01. The van der Waals surface area contributed by atoms with Crippen LogP contribution in [0.5, 0.6) is 0 Å². The third kappa shape index (κ3) is 2.77. The molecule has 0 atom stereocenters. The Hall–Kier alpha value is -0.960. The lowest BCUT2D eigenvalue weighted by Gasteiger charge is -1.97. The van der Waals surface area contributed by atoms with Gasteiger partial charge in [0.25, 0.3) is 0 Å². The zero-order valence-corrected chi connectivity index (χ0v) is 8.61. The molecule has 0 aromatic carbocycles. The minimum Gasteiger partial charge on any atom is -0.300 e. The second-order valence-corrected chi connectivity index (χ2v) is 3.95. The van der Waals surface area contributed by atoms with Crippen LogP contribution in [0.1, 0.15) is 35.5 Å². The Morgan fingerprint density at radius 1 is 1.38 bits per heavy atom. The van der Waals surface area contributed by atoms with E-state index in [2.05, 4.69) is 0 Å². The number of ketones is 2. The summed E-state index contributed by atoms with van der Waals surface area (Å²) >= 11 is 1.45. The van der Waals surface area contributed by atoms with Crippen molar-refractivity contribution in [3.05, 3.63) is 21.9 Å². The van der Waals surface area contributed by atoms with Crippen molar-refractivity contribution in [2.75, 3.05) is 0 Å². The van der Waals surface area contributed by atoms with Gasteiger partial charge in [0, 0.05) is 6.42 Å². The lowest BCUT2D eigenvalue weighted by Crippen LogP contribution is -1.98. The highest BCUT2D eigenvalue weighted by molar-refractivity contribution is 7.12. The summed E-state index contributed by atoms with van der Waals surface area (Å²) in [5.74, 6) is 0.259. The van der Waals surface area contributed by atoms with Gasteiger partial charge in [0.15, 0.2) is 5.78 Å². The van der Waals surface area contributed by atoms with Crippen LogP contribution in [-0.4, -0.2) is 11.6 Å². The molecule has 0 N–H and O–H groups in total. The van der Waals surface area contributed by atoms with Crippen LogP contribution < -0.4 is 0 Å². The molecule has 1 aromatic heterocycles. The normalized spacial score (nSPS) is 10.0. The van der Waals surface area contributed by atoms with Crippen LogP contribution in [0, 0.1) is 0 Å². The zero-order chi connectivity index (χ0) is 9.84. The Balaban J connectivity index is 2.71. The second-order valence-electron chi connectivity index (χ2n) is 3.03. The summed E-state index contributed by atoms with van der Waals surface area (Å²) < 4.78 is 0. The SMILES string of the molecule is CC(=O)CCc1ccsc1C(C)=O. The van der Waals surface area contributed by atoms with Crippen LogP contribution in [0.15, 0.2) is 11.4 Å². The van der Waals surface area contributed by atoms with E-state index in [4.69, 9.17) is 0 Å². The maximum Gasteiger partial charge on any atom is 0.169 e. The van der Waals surface area contributed by atoms with Gasteiger partial charge in [-0.15, -0.1) is 11.3 Å². The first-order valence-corrected chi connectivity index (χ1v) is 5.06. The minimum absolute atomic E-state index is 0.0913. The van der Waals surface area contributed by atoms with Gasteiger partial charge in [0.05, 0.1) is 4.88 Å². The van der Waals surface area contributed by atoms with Crippen LogP contribution in [0.4, 0.5) is 0 Å². The van der Waals surface area contributed by atoms with E-state index in [9.17, 15) is 9.59 Å². The Kier molecular flexibility index (Phi) is 3.37. The fourth-order valence-corrected chi connectivity index (χ4v) is 2.01. The Bertz CT molecular complexity index is 325. The smallest absolute Gasteiger partial charge is 0.169 e. The van der Waals surface area contributed by atoms with Crippen molar-refractivity contribution >= 4 is 22.9 Å². The Labute approximate surface area is 81.6 Å². The molecule has 0 saturated heterocycles. The molecule has 0 amide bonds. The number of Topliss-reactive ketones (excluding diaryl/α,β-unsaturated/α-hetero) is 2. The fourth-order valence-electron chi connectivity index (χ4n) is 1.15. The molecular formula is C10H12O2S. The van der Waals surface area contributed by atoms with Crippen molar-refractivity contribution in [3.63, 3.8) is 0 Å². The lowest BCUT2D eigenvalue weighted by atomic mass is 10.1. The number of carbonyl (C=O) groups is 2. The molecule has 13 heavy (non-hydrogen) atoms. The van der Waals surface area contributed by atoms with Crippen LogP contribution in [-0.2, 0) is 11.2 Å². The molecule has 0 aliphatic carbocycles. The molecule has 0 radical (unpaired) electrons. The summed E-state index contributed by atoms with van der Waals surface area (Å²) in [4.78, 5) is 22.6. The summed E-state index contributed by atoms with van der Waals surface area (Å²) in [6.45, 7) is 3.13. The van der Waals surface area contributed by atoms with E-state index < -0.39 is 0 Å². The monoisotopic (exact) mass is 196 g/mol. The predicted octanol–water partition coefficient (Wildman–Crippen LogP) is 2.47. The molecule has 0 aliphatic rings. The van der Waals surface area contributed by atoms with Gasteiger partial charge in [-0.25, -0.2) is 0 Å². The van der Waals surface area contributed by atoms with Gasteiger partial charge in [-0.3, -0.25) is 4.79 Å². The molecule has 2 nitrogen and oxygen atoms in total. The maximum atomic E-state index is 11.1. The molecule has 0 saturated carbocycles. The molecule has 1 rings (SSSR count). The van der Waals surface area contributed by atoms with Gasteiger partial charge in [-0.1, -0.05) is 0 Å². The van der Waals surface area contributed by atoms with Crippen molar-refractivity contribution in [1.82, 2.24) is 0 Å². The molecule has 3 heteroatoms. The molecule has 0 aliphatic heterocycles. The molecule has 1 heterocycles. The minimum atomic E-state index is 0.0913. The van der Waals surface area contributed by atoms with Crippen molar-refractivity contribution in [2.24, 2.45) is 0 Å². The maximum absolute atomic E-state index is 11.1. The molecule has 70 valence electrons. The molecule has 0 fully saturated rings. The van der Waals surface area contributed by atoms with E-state index in [-0.39, 0.29) is 11.6 Å². The molecule has 0 bridgehead atoms. The van der Waals surface area contributed by atoms with Gasteiger partial charge in [-0.05, 0) is 37.3 Å². The van der Waals surface area contributed by atoms with Gasteiger partial charge in [-0.2, -0.15) is 0 Å². The van der Waals surface area contributed by atoms with Crippen molar-refractivity contribution in [1.29, 1.82) is 0 Å². The third-order valence-corrected chi connectivity index (χ3v) is 2.87. The van der Waals surface area contributed by atoms with Crippen molar-refractivity contribution < 1.29 is 9.59 Å². The Morgan fingerprint density at radius 2 is 2.08 bits per heavy atom. The first kappa shape index (κ1) is 10.1. The van der Waals surface area contributed by atoms with E-state index in [1.165, 1.54) is 11.3 Å². The lowest BCUT2D eigenvalue weighted by molar-refractivity contribution is -0.116. The van der Waals surface area contributed by atoms with E-state index in [1.807, 2.05) is 11.4 Å². The van der Waals surface area contributed by atoms with E-state index >= 15 is 0 Å². The number of carbonyl (C=O) groups excluding carboxylic acids is 2. The highest BCUT2D eigenvalue weighted by Gasteiger charge is 2.08. The van der Waals surface area contributed by atoms with Gasteiger partial charge in [0.1, 0.15) is 5.78 Å². The summed E-state index contributed by atoms with van der Waals surface area (Å²) in [5, 5.41) is 1.90. The summed E-state index contributed by atoms with van der Waals surface area (Å²) in [6, 6.07) is 1.92. The predicted molar refractivity (Wildman–Crippen MR) is 53.3 cm³/mol. The summed E-state index contributed by atoms with van der Waals surface area (Å²) in [7, 11) is 0. The molecule has 0 unspecified atom stereocenters. The standard InChI is InChI=1S/C10H12O2S/c1-7(11)3-4-9-5-6-13-10(9)8(2)12/h5-6H,3-4H2,1-2H3. The number of hydrogen-bond donors (Lipinski definition) is 0. The van der Waals surface area contributed by atoms with Crippen molar-refractivity contribution in [3.8, 4) is 0 Å². The fraction of sp³-hybridized carbons (Fsp3) is 0.400. The molecule has 0 spiro atoms. The van der Waals surface area contributed by atoms with E-state index in [1.54, 1.807) is 13.8 Å². The van der Waals surface area contributed by atoms with Gasteiger partial charge < -0.3 is 4.79 Å². The average molecular weight is 196 g/mol. The van der Waals surface area contributed by atoms with Crippen LogP contribution in [0.3, 0.4) is 0 Å². The Morgan fingerprint density at radius 3 is 2.62 bits per heavy atom.